The van der Waals surface area contributed by atoms with Crippen LogP contribution in [0.5, 0.6) is 0 Å². The zero-order chi connectivity index (χ0) is 22.3. The molecular formula is C25H27N5O2. The molecule has 1 aliphatic rings. The molecule has 1 fully saturated rings. The lowest BCUT2D eigenvalue weighted by molar-refractivity contribution is -0.129. The lowest BCUT2D eigenvalue weighted by atomic mass is 10.1. The lowest BCUT2D eigenvalue weighted by Crippen LogP contribution is -2.29. The van der Waals surface area contributed by atoms with Crippen LogP contribution in [-0.4, -0.2) is 34.8 Å². The molecule has 0 saturated carbocycles. The lowest BCUT2D eigenvalue weighted by Gasteiger charge is -2.15. The largest absolute Gasteiger partial charge is 0.380 e. The van der Waals surface area contributed by atoms with Gasteiger partial charge in [0.15, 0.2) is 0 Å². The van der Waals surface area contributed by atoms with Crippen LogP contribution in [0.4, 0.5) is 17.2 Å². The number of hydrogen-bond donors (Lipinski definition) is 3. The van der Waals surface area contributed by atoms with Crippen LogP contribution in [0.25, 0.3) is 0 Å². The van der Waals surface area contributed by atoms with Crippen molar-refractivity contribution in [2.75, 3.05) is 23.7 Å². The molecule has 0 aliphatic carbocycles. The third-order valence-electron chi connectivity index (χ3n) is 5.54. The number of benzene rings is 2. The molecule has 164 valence electrons. The fourth-order valence-electron chi connectivity index (χ4n) is 3.77. The van der Waals surface area contributed by atoms with E-state index in [2.05, 4.69) is 15.6 Å². The van der Waals surface area contributed by atoms with Crippen molar-refractivity contribution in [2.45, 2.75) is 25.8 Å². The second-order valence-corrected chi connectivity index (χ2v) is 7.91. The molecule has 3 aromatic rings. The standard InChI is InChI=1S/C25H27N5O2/c26-25(32)21-17-28-23(15-22(21)27-16-19-6-2-1-3-7-19)29-20-10-8-18(9-11-20)14-24(31)30-12-4-5-13-30/h1-3,6-11,15,17H,4-5,12-14,16H2,(H2,26,32)(H2,27,28,29). The summed E-state index contributed by atoms with van der Waals surface area (Å²) >= 11 is 0. The molecular weight excluding hydrogens is 402 g/mol. The van der Waals surface area contributed by atoms with Gasteiger partial charge in [-0.1, -0.05) is 42.5 Å². The molecule has 4 rings (SSSR count). The summed E-state index contributed by atoms with van der Waals surface area (Å²) in [4.78, 5) is 30.4. The topological polar surface area (TPSA) is 100 Å². The third-order valence-corrected chi connectivity index (χ3v) is 5.54. The molecule has 1 aliphatic heterocycles. The van der Waals surface area contributed by atoms with Gasteiger partial charge in [0.05, 0.1) is 17.7 Å². The van der Waals surface area contributed by atoms with E-state index in [4.69, 9.17) is 5.73 Å². The van der Waals surface area contributed by atoms with Gasteiger partial charge in [0.25, 0.3) is 5.91 Å². The van der Waals surface area contributed by atoms with E-state index in [0.717, 1.165) is 42.7 Å². The Labute approximate surface area is 187 Å². The second-order valence-electron chi connectivity index (χ2n) is 7.91. The maximum atomic E-state index is 12.3. The van der Waals surface area contributed by atoms with Crippen molar-refractivity contribution in [3.8, 4) is 0 Å². The van der Waals surface area contributed by atoms with Crippen molar-refractivity contribution in [1.82, 2.24) is 9.88 Å². The number of nitrogens with zero attached hydrogens (tertiary/aromatic N) is 2. The number of likely N-dealkylation sites (tertiary alicyclic amines) is 1. The number of aromatic nitrogens is 1. The number of carbonyl (C=O) groups excluding carboxylic acids is 2. The predicted octanol–water partition coefficient (Wildman–Crippen LogP) is 3.70. The predicted molar refractivity (Wildman–Crippen MR) is 126 cm³/mol. The first kappa shape index (κ1) is 21.4. The molecule has 0 bridgehead atoms. The van der Waals surface area contributed by atoms with E-state index in [1.54, 1.807) is 6.07 Å². The first-order chi connectivity index (χ1) is 15.6. The summed E-state index contributed by atoms with van der Waals surface area (Å²) in [5, 5.41) is 6.52. The molecule has 0 unspecified atom stereocenters. The Hall–Kier alpha value is -3.87. The maximum Gasteiger partial charge on any atom is 0.252 e. The summed E-state index contributed by atoms with van der Waals surface area (Å²) in [6.07, 6.45) is 4.08. The van der Waals surface area contributed by atoms with Gasteiger partial charge in [-0.3, -0.25) is 9.59 Å². The normalized spacial score (nSPS) is 13.1. The number of rotatable bonds is 8. The monoisotopic (exact) mass is 429 g/mol. The molecule has 2 aromatic carbocycles. The van der Waals surface area contributed by atoms with Crippen LogP contribution in [0.15, 0.2) is 66.9 Å². The van der Waals surface area contributed by atoms with Crippen LogP contribution < -0.4 is 16.4 Å². The Balaban J connectivity index is 1.42. The van der Waals surface area contributed by atoms with Crippen molar-refractivity contribution in [2.24, 2.45) is 5.73 Å². The summed E-state index contributed by atoms with van der Waals surface area (Å²) < 4.78 is 0. The molecule has 7 heteroatoms. The van der Waals surface area contributed by atoms with Crippen LogP contribution in [0.1, 0.15) is 34.3 Å². The molecule has 7 nitrogen and oxygen atoms in total. The molecule has 2 heterocycles. The number of carbonyl (C=O) groups is 2. The SMILES string of the molecule is NC(=O)c1cnc(Nc2ccc(CC(=O)N3CCCC3)cc2)cc1NCc1ccccc1. The van der Waals surface area contributed by atoms with Crippen LogP contribution in [0, 0.1) is 0 Å². The minimum atomic E-state index is -0.536. The Morgan fingerprint density at radius 3 is 2.38 bits per heavy atom. The van der Waals surface area contributed by atoms with Crippen molar-refractivity contribution in [1.29, 1.82) is 0 Å². The molecule has 32 heavy (non-hydrogen) atoms. The Bertz CT molecular complexity index is 1080. The number of amides is 2. The summed E-state index contributed by atoms with van der Waals surface area (Å²) in [5.41, 5.74) is 9.39. The van der Waals surface area contributed by atoms with Crippen molar-refractivity contribution < 1.29 is 9.59 Å². The number of hydrogen-bond acceptors (Lipinski definition) is 5. The Morgan fingerprint density at radius 1 is 0.969 bits per heavy atom. The van der Waals surface area contributed by atoms with Gasteiger partial charge in [-0.2, -0.15) is 0 Å². The number of nitrogens with two attached hydrogens (primary N) is 1. The van der Waals surface area contributed by atoms with E-state index in [1.165, 1.54) is 6.20 Å². The van der Waals surface area contributed by atoms with Crippen LogP contribution in [-0.2, 0) is 17.8 Å². The number of anilines is 3. The summed E-state index contributed by atoms with van der Waals surface area (Å²) in [6.45, 7) is 2.29. The van der Waals surface area contributed by atoms with Crippen LogP contribution in [0.3, 0.4) is 0 Å². The van der Waals surface area contributed by atoms with Crippen LogP contribution in [0.2, 0.25) is 0 Å². The van der Waals surface area contributed by atoms with Gasteiger partial charge >= 0.3 is 0 Å². The highest BCUT2D eigenvalue weighted by molar-refractivity contribution is 5.98. The third kappa shape index (κ3) is 5.43. The summed E-state index contributed by atoms with van der Waals surface area (Å²) in [7, 11) is 0. The molecule has 0 atom stereocenters. The summed E-state index contributed by atoms with van der Waals surface area (Å²) in [5.74, 6) is 0.235. The van der Waals surface area contributed by atoms with Crippen LogP contribution >= 0.6 is 0 Å². The Kier molecular flexibility index (Phi) is 6.65. The average molecular weight is 430 g/mol. The zero-order valence-electron chi connectivity index (χ0n) is 17.9. The number of pyridine rings is 1. The van der Waals surface area contributed by atoms with Gasteiger partial charge in [-0.05, 0) is 36.1 Å². The molecule has 2 amide bonds. The van der Waals surface area contributed by atoms with E-state index >= 15 is 0 Å². The number of primary amides is 1. The molecule has 1 saturated heterocycles. The zero-order valence-corrected chi connectivity index (χ0v) is 17.9. The highest BCUT2D eigenvalue weighted by atomic mass is 16.2. The quantitative estimate of drug-likeness (QED) is 0.507. The number of nitrogens with one attached hydrogen (secondary N) is 2. The average Bonchev–Trinajstić information content (AvgIpc) is 3.35. The smallest absolute Gasteiger partial charge is 0.252 e. The van der Waals surface area contributed by atoms with Gasteiger partial charge < -0.3 is 21.3 Å². The first-order valence-corrected chi connectivity index (χ1v) is 10.8. The van der Waals surface area contributed by atoms with E-state index in [0.29, 0.717) is 30.0 Å². The molecule has 4 N–H and O–H groups in total. The first-order valence-electron chi connectivity index (χ1n) is 10.8. The molecule has 0 spiro atoms. The van der Waals surface area contributed by atoms with Crippen molar-refractivity contribution >= 4 is 29.0 Å². The minimum absolute atomic E-state index is 0.182. The van der Waals surface area contributed by atoms with Gasteiger partial charge in [0.1, 0.15) is 5.82 Å². The van der Waals surface area contributed by atoms with E-state index in [9.17, 15) is 9.59 Å². The van der Waals surface area contributed by atoms with Crippen molar-refractivity contribution in [3.05, 3.63) is 83.6 Å². The summed E-state index contributed by atoms with van der Waals surface area (Å²) in [6, 6.07) is 19.4. The second kappa shape index (κ2) is 9.96. The fraction of sp³-hybridized carbons (Fsp3) is 0.240. The maximum absolute atomic E-state index is 12.3. The van der Waals surface area contributed by atoms with Gasteiger partial charge in [0, 0.05) is 37.6 Å². The van der Waals surface area contributed by atoms with Gasteiger partial charge in [-0.15, -0.1) is 0 Å². The Morgan fingerprint density at radius 2 is 1.69 bits per heavy atom. The minimum Gasteiger partial charge on any atom is -0.380 e. The van der Waals surface area contributed by atoms with Crippen molar-refractivity contribution in [3.63, 3.8) is 0 Å². The van der Waals surface area contributed by atoms with E-state index < -0.39 is 5.91 Å². The van der Waals surface area contributed by atoms with Gasteiger partial charge in [-0.25, -0.2) is 4.98 Å². The highest BCUT2D eigenvalue weighted by Crippen LogP contribution is 2.23. The van der Waals surface area contributed by atoms with Gasteiger partial charge in [0.2, 0.25) is 5.91 Å². The van der Waals surface area contributed by atoms with E-state index in [1.807, 2.05) is 59.5 Å². The van der Waals surface area contributed by atoms with E-state index in [-0.39, 0.29) is 5.91 Å². The highest BCUT2D eigenvalue weighted by Gasteiger charge is 2.18. The fourth-order valence-corrected chi connectivity index (χ4v) is 3.77. The molecule has 1 aromatic heterocycles. The molecule has 0 radical (unpaired) electrons.